The van der Waals surface area contributed by atoms with Crippen LogP contribution in [0.5, 0.6) is 0 Å². The van der Waals surface area contributed by atoms with Crippen molar-refractivity contribution in [2.45, 2.75) is 25.9 Å². The van der Waals surface area contributed by atoms with Gasteiger partial charge in [0.2, 0.25) is 0 Å². The predicted molar refractivity (Wildman–Crippen MR) is 119 cm³/mol. The molecule has 2 rings (SSSR count). The average Bonchev–Trinajstić information content (AvgIpc) is 2.66. The van der Waals surface area contributed by atoms with Crippen molar-refractivity contribution in [3.8, 4) is 11.8 Å². The van der Waals surface area contributed by atoms with E-state index >= 15 is 0 Å². The number of nitrogens with zero attached hydrogens (tertiary/aromatic N) is 2. The third-order valence-corrected chi connectivity index (χ3v) is 4.25. The molecule has 1 aliphatic rings. The monoisotopic (exact) mass is 470 g/mol. The van der Waals surface area contributed by atoms with Crippen LogP contribution in [0.4, 0.5) is 0 Å². The number of hydrogen-bond donors (Lipinski definition) is 2. The van der Waals surface area contributed by atoms with E-state index in [1.807, 2.05) is 30.3 Å². The van der Waals surface area contributed by atoms with E-state index < -0.39 is 0 Å². The number of rotatable bonds is 6. The first-order chi connectivity index (χ1) is 12.3. The highest BCUT2D eigenvalue weighted by Crippen LogP contribution is 2.12. The molecule has 0 spiro atoms. The molecule has 1 aliphatic heterocycles. The summed E-state index contributed by atoms with van der Waals surface area (Å²) in [4.78, 5) is 7.10. The van der Waals surface area contributed by atoms with Gasteiger partial charge in [-0.2, -0.15) is 0 Å². The van der Waals surface area contributed by atoms with Gasteiger partial charge in [-0.05, 0) is 31.9 Å². The number of aliphatic imine (C=N–C) groups is 1. The van der Waals surface area contributed by atoms with Gasteiger partial charge in [0, 0.05) is 38.9 Å². The molecule has 144 valence electrons. The Morgan fingerprint density at radius 2 is 1.96 bits per heavy atom. The molecule has 1 aromatic carbocycles. The molecule has 5 nitrogen and oxygen atoms in total. The topological polar surface area (TPSA) is 48.9 Å². The first-order valence-electron chi connectivity index (χ1n) is 9.13. The summed E-state index contributed by atoms with van der Waals surface area (Å²) in [5, 5.41) is 6.54. The van der Waals surface area contributed by atoms with E-state index in [0.29, 0.717) is 12.6 Å². The summed E-state index contributed by atoms with van der Waals surface area (Å²) in [5.41, 5.74) is 1.03. The normalized spacial score (nSPS) is 15.5. The number of ether oxygens (including phenoxy) is 1. The highest BCUT2D eigenvalue weighted by Gasteiger charge is 2.17. The average molecular weight is 470 g/mol. The van der Waals surface area contributed by atoms with Gasteiger partial charge in [-0.3, -0.25) is 4.99 Å². The highest BCUT2D eigenvalue weighted by atomic mass is 127. The fourth-order valence-corrected chi connectivity index (χ4v) is 2.81. The smallest absolute Gasteiger partial charge is 0.192 e. The van der Waals surface area contributed by atoms with Crippen molar-refractivity contribution in [3.63, 3.8) is 0 Å². The molecular formula is C20H31IN4O. The highest BCUT2D eigenvalue weighted by molar-refractivity contribution is 14.0. The van der Waals surface area contributed by atoms with Crippen LogP contribution >= 0.6 is 24.0 Å². The van der Waals surface area contributed by atoms with Crippen LogP contribution in [-0.2, 0) is 4.74 Å². The molecule has 1 heterocycles. The van der Waals surface area contributed by atoms with Crippen molar-refractivity contribution in [1.82, 2.24) is 15.5 Å². The fraction of sp³-hybridized carbons (Fsp3) is 0.550. The molecule has 0 bridgehead atoms. The molecule has 0 aliphatic carbocycles. The lowest BCUT2D eigenvalue weighted by atomic mass is 10.1. The van der Waals surface area contributed by atoms with E-state index in [4.69, 9.17) is 4.74 Å². The zero-order valence-electron chi connectivity index (χ0n) is 15.8. The van der Waals surface area contributed by atoms with Crippen LogP contribution in [0, 0.1) is 11.8 Å². The standard InChI is InChI=1S/C20H30N4O.HI/c1-3-21-20(22-13-7-10-18-8-5-4-6-9-18)23-14-17-24-15-11-19(25-2)12-16-24;/h4-6,8-9,19H,3,11-17H2,1-2H3,(H2,21,22,23);1H. The van der Waals surface area contributed by atoms with Crippen molar-refractivity contribution < 1.29 is 4.74 Å². The molecular weight excluding hydrogens is 439 g/mol. The molecule has 1 saturated heterocycles. The van der Waals surface area contributed by atoms with Crippen LogP contribution in [0.1, 0.15) is 25.3 Å². The minimum Gasteiger partial charge on any atom is -0.381 e. The second kappa shape index (κ2) is 13.8. The Balaban J connectivity index is 0.00000338. The molecule has 2 N–H and O–H groups in total. The van der Waals surface area contributed by atoms with Crippen LogP contribution in [0.15, 0.2) is 35.3 Å². The molecule has 0 unspecified atom stereocenters. The van der Waals surface area contributed by atoms with Crippen molar-refractivity contribution in [2.24, 2.45) is 4.99 Å². The number of benzene rings is 1. The number of likely N-dealkylation sites (tertiary alicyclic amines) is 1. The summed E-state index contributed by atoms with van der Waals surface area (Å²) in [6, 6.07) is 10.0. The van der Waals surface area contributed by atoms with Crippen molar-refractivity contribution in [3.05, 3.63) is 35.9 Å². The number of hydrogen-bond acceptors (Lipinski definition) is 3. The lowest BCUT2D eigenvalue weighted by Crippen LogP contribution is -2.40. The maximum absolute atomic E-state index is 5.41. The van der Waals surface area contributed by atoms with Crippen molar-refractivity contribution in [2.75, 3.05) is 46.4 Å². The molecule has 0 amide bonds. The molecule has 26 heavy (non-hydrogen) atoms. The third-order valence-electron chi connectivity index (χ3n) is 4.25. The zero-order chi connectivity index (χ0) is 17.7. The second-order valence-electron chi connectivity index (χ2n) is 6.06. The van der Waals surface area contributed by atoms with Gasteiger partial charge in [-0.1, -0.05) is 30.0 Å². The SMILES string of the molecule is CCNC(=NCCN1CCC(OC)CC1)NCC#Cc1ccccc1.I. The Morgan fingerprint density at radius 1 is 1.23 bits per heavy atom. The molecule has 1 aromatic rings. The van der Waals surface area contributed by atoms with Gasteiger partial charge in [-0.25, -0.2) is 0 Å². The van der Waals surface area contributed by atoms with Gasteiger partial charge in [0.1, 0.15) is 0 Å². The van der Waals surface area contributed by atoms with Gasteiger partial charge in [0.15, 0.2) is 5.96 Å². The van der Waals surface area contributed by atoms with Gasteiger partial charge >= 0.3 is 0 Å². The number of nitrogens with one attached hydrogen (secondary N) is 2. The summed E-state index contributed by atoms with van der Waals surface area (Å²) < 4.78 is 5.41. The summed E-state index contributed by atoms with van der Waals surface area (Å²) in [5.74, 6) is 7.11. The van der Waals surface area contributed by atoms with Crippen LogP contribution in [0.2, 0.25) is 0 Å². The second-order valence-corrected chi connectivity index (χ2v) is 6.06. The van der Waals surface area contributed by atoms with Crippen LogP contribution in [0.25, 0.3) is 0 Å². The van der Waals surface area contributed by atoms with Crippen LogP contribution in [-0.4, -0.2) is 63.3 Å². The number of piperidine rings is 1. The van der Waals surface area contributed by atoms with E-state index in [0.717, 1.165) is 57.1 Å². The molecule has 0 aromatic heterocycles. The van der Waals surface area contributed by atoms with Gasteiger partial charge in [0.25, 0.3) is 0 Å². The Hall–Kier alpha value is -1.30. The number of halogens is 1. The zero-order valence-corrected chi connectivity index (χ0v) is 18.2. The predicted octanol–water partition coefficient (Wildman–Crippen LogP) is 2.32. The largest absolute Gasteiger partial charge is 0.381 e. The Bertz CT molecular complexity index is 574. The van der Waals surface area contributed by atoms with Gasteiger partial charge in [-0.15, -0.1) is 24.0 Å². The molecule has 6 heteroatoms. The lowest BCUT2D eigenvalue weighted by molar-refractivity contribution is 0.0421. The maximum atomic E-state index is 5.41. The quantitative estimate of drug-likeness (QED) is 0.290. The summed E-state index contributed by atoms with van der Waals surface area (Å²) in [6.07, 6.45) is 2.67. The van der Waals surface area contributed by atoms with E-state index in [9.17, 15) is 0 Å². The van der Waals surface area contributed by atoms with Crippen molar-refractivity contribution in [1.29, 1.82) is 0 Å². The Morgan fingerprint density at radius 3 is 2.62 bits per heavy atom. The van der Waals surface area contributed by atoms with Crippen LogP contribution < -0.4 is 10.6 Å². The van der Waals surface area contributed by atoms with Crippen LogP contribution in [0.3, 0.4) is 0 Å². The minimum absolute atomic E-state index is 0. The van der Waals surface area contributed by atoms with E-state index in [2.05, 4.69) is 39.3 Å². The number of methoxy groups -OCH3 is 1. The van der Waals surface area contributed by atoms with Gasteiger partial charge in [0.05, 0.1) is 19.2 Å². The summed E-state index contributed by atoms with van der Waals surface area (Å²) in [7, 11) is 1.81. The molecule has 0 atom stereocenters. The summed E-state index contributed by atoms with van der Waals surface area (Å²) >= 11 is 0. The fourth-order valence-electron chi connectivity index (χ4n) is 2.81. The third kappa shape index (κ3) is 8.88. The maximum Gasteiger partial charge on any atom is 0.192 e. The summed E-state index contributed by atoms with van der Waals surface area (Å²) in [6.45, 7) is 7.47. The minimum atomic E-state index is 0. The number of guanidine groups is 1. The first-order valence-corrected chi connectivity index (χ1v) is 9.13. The molecule has 0 saturated carbocycles. The first kappa shape index (κ1) is 22.7. The Kier molecular flexibility index (Phi) is 12.1. The molecule has 1 fully saturated rings. The molecule has 0 radical (unpaired) electrons. The van der Waals surface area contributed by atoms with E-state index in [1.54, 1.807) is 7.11 Å². The van der Waals surface area contributed by atoms with Crippen molar-refractivity contribution >= 4 is 29.9 Å². The lowest BCUT2D eigenvalue weighted by Gasteiger charge is -2.30. The van der Waals surface area contributed by atoms with Gasteiger partial charge < -0.3 is 20.3 Å². The Labute approximate surface area is 175 Å². The van der Waals surface area contributed by atoms with E-state index in [1.165, 1.54) is 0 Å². The van der Waals surface area contributed by atoms with E-state index in [-0.39, 0.29) is 24.0 Å².